The van der Waals surface area contributed by atoms with Crippen molar-refractivity contribution in [3.05, 3.63) is 42.2 Å². The predicted octanol–water partition coefficient (Wildman–Crippen LogP) is 2.86. The van der Waals surface area contributed by atoms with Crippen LogP contribution < -0.4 is 15.1 Å². The average molecular weight is 395 g/mol. The van der Waals surface area contributed by atoms with Gasteiger partial charge < -0.3 is 20.0 Å². The summed E-state index contributed by atoms with van der Waals surface area (Å²) in [4.78, 5) is 28.5. The number of aromatic nitrogens is 2. The molecular formula is C22H30N6O. The molecule has 29 heavy (non-hydrogen) atoms. The Morgan fingerprint density at radius 1 is 0.862 bits per heavy atom. The van der Waals surface area contributed by atoms with Gasteiger partial charge in [-0.3, -0.25) is 4.79 Å². The van der Waals surface area contributed by atoms with Crippen LogP contribution in [0.5, 0.6) is 0 Å². The third-order valence-corrected chi connectivity index (χ3v) is 5.76. The van der Waals surface area contributed by atoms with Crippen molar-refractivity contribution in [1.29, 1.82) is 0 Å². The van der Waals surface area contributed by atoms with Crippen LogP contribution in [-0.2, 0) is 0 Å². The number of carbonyl (C=O) groups excluding carboxylic acids is 1. The minimum Gasteiger partial charge on any atom is -0.369 e. The van der Waals surface area contributed by atoms with Crippen molar-refractivity contribution in [1.82, 2.24) is 14.9 Å². The molecule has 0 spiro atoms. The second-order valence-electron chi connectivity index (χ2n) is 7.93. The molecule has 1 aromatic heterocycles. The maximum absolute atomic E-state index is 12.7. The Morgan fingerprint density at radius 3 is 2.24 bits per heavy atom. The van der Waals surface area contributed by atoms with Crippen LogP contribution in [0.25, 0.3) is 0 Å². The highest BCUT2D eigenvalue weighted by Crippen LogP contribution is 2.20. The van der Waals surface area contributed by atoms with Crippen molar-refractivity contribution in [3.8, 4) is 0 Å². The van der Waals surface area contributed by atoms with Gasteiger partial charge in [-0.05, 0) is 50.2 Å². The lowest BCUT2D eigenvalue weighted by atomic mass is 10.2. The maximum Gasteiger partial charge on any atom is 0.274 e. The van der Waals surface area contributed by atoms with Gasteiger partial charge in [-0.1, -0.05) is 12.8 Å². The van der Waals surface area contributed by atoms with Gasteiger partial charge >= 0.3 is 0 Å². The van der Waals surface area contributed by atoms with E-state index >= 15 is 0 Å². The Bertz CT molecular complexity index is 808. The van der Waals surface area contributed by atoms with E-state index in [1.54, 1.807) is 12.3 Å². The summed E-state index contributed by atoms with van der Waals surface area (Å²) in [6, 6.07) is 9.74. The molecule has 3 heterocycles. The smallest absolute Gasteiger partial charge is 0.274 e. The zero-order valence-corrected chi connectivity index (χ0v) is 17.2. The van der Waals surface area contributed by atoms with Crippen molar-refractivity contribution >= 4 is 23.2 Å². The monoisotopic (exact) mass is 394 g/mol. The Hall–Kier alpha value is -2.67. The number of hydrogen-bond donors (Lipinski definition) is 1. The Morgan fingerprint density at radius 2 is 1.55 bits per heavy atom. The molecule has 1 aromatic carbocycles. The van der Waals surface area contributed by atoms with E-state index in [-0.39, 0.29) is 5.91 Å². The largest absolute Gasteiger partial charge is 0.369 e. The molecule has 4 rings (SSSR count). The fourth-order valence-electron chi connectivity index (χ4n) is 3.91. The Kier molecular flexibility index (Phi) is 6.24. The van der Waals surface area contributed by atoms with Gasteiger partial charge in [0, 0.05) is 56.8 Å². The van der Waals surface area contributed by atoms with Gasteiger partial charge in [0.2, 0.25) is 5.95 Å². The molecule has 0 atom stereocenters. The van der Waals surface area contributed by atoms with E-state index in [1.165, 1.54) is 18.5 Å². The summed E-state index contributed by atoms with van der Waals surface area (Å²) in [6.07, 6.45) is 6.49. The molecule has 0 radical (unpaired) electrons. The van der Waals surface area contributed by atoms with Crippen LogP contribution in [0.3, 0.4) is 0 Å². The number of rotatable bonds is 4. The van der Waals surface area contributed by atoms with Gasteiger partial charge in [-0.15, -0.1) is 0 Å². The summed E-state index contributed by atoms with van der Waals surface area (Å²) in [5.74, 6) is 0.459. The highest BCUT2D eigenvalue weighted by molar-refractivity contribution is 6.03. The Balaban J connectivity index is 1.39. The third kappa shape index (κ3) is 5.03. The highest BCUT2D eigenvalue weighted by Gasteiger charge is 2.16. The van der Waals surface area contributed by atoms with Crippen molar-refractivity contribution in [2.45, 2.75) is 25.7 Å². The lowest BCUT2D eigenvalue weighted by Gasteiger charge is -2.34. The molecule has 7 heteroatoms. The first-order valence-electron chi connectivity index (χ1n) is 10.6. The van der Waals surface area contributed by atoms with Gasteiger partial charge in [-0.25, -0.2) is 9.97 Å². The summed E-state index contributed by atoms with van der Waals surface area (Å²) in [7, 11) is 2.15. The SMILES string of the molecule is CN1CCN(c2ccc(NC(=O)c3ccnc(N4CCCCCC4)n3)cc2)CC1. The molecule has 0 bridgehead atoms. The summed E-state index contributed by atoms with van der Waals surface area (Å²) in [5, 5.41) is 2.96. The minimum absolute atomic E-state index is 0.198. The van der Waals surface area contributed by atoms with Gasteiger partial charge in [-0.2, -0.15) is 0 Å². The number of likely N-dealkylation sites (N-methyl/N-ethyl adjacent to an activating group) is 1. The van der Waals surface area contributed by atoms with Crippen molar-refractivity contribution in [3.63, 3.8) is 0 Å². The molecular weight excluding hydrogens is 364 g/mol. The third-order valence-electron chi connectivity index (χ3n) is 5.76. The molecule has 2 aliphatic heterocycles. The minimum atomic E-state index is -0.198. The first-order chi connectivity index (χ1) is 14.2. The Labute approximate surface area is 172 Å². The number of amides is 1. The van der Waals surface area contributed by atoms with Gasteiger partial charge in [0.15, 0.2) is 0 Å². The van der Waals surface area contributed by atoms with E-state index in [1.807, 2.05) is 12.1 Å². The fraction of sp³-hybridized carbons (Fsp3) is 0.500. The van der Waals surface area contributed by atoms with Crippen LogP contribution in [-0.4, -0.2) is 67.1 Å². The van der Waals surface area contributed by atoms with Crippen LogP contribution >= 0.6 is 0 Å². The summed E-state index contributed by atoms with van der Waals surface area (Å²) in [5.41, 5.74) is 2.38. The summed E-state index contributed by atoms with van der Waals surface area (Å²) < 4.78 is 0. The predicted molar refractivity (Wildman–Crippen MR) is 117 cm³/mol. The number of nitrogens with zero attached hydrogens (tertiary/aromatic N) is 5. The normalized spacial score (nSPS) is 18.4. The lowest BCUT2D eigenvalue weighted by molar-refractivity contribution is 0.102. The number of benzene rings is 1. The second kappa shape index (κ2) is 9.22. The van der Waals surface area contributed by atoms with Crippen molar-refractivity contribution < 1.29 is 4.79 Å². The topological polar surface area (TPSA) is 64.6 Å². The van der Waals surface area contributed by atoms with Crippen molar-refractivity contribution in [2.75, 3.05) is 61.4 Å². The zero-order valence-electron chi connectivity index (χ0n) is 17.2. The molecule has 2 aromatic rings. The summed E-state index contributed by atoms with van der Waals surface area (Å²) in [6.45, 7) is 6.12. The van der Waals surface area contributed by atoms with Crippen LogP contribution in [0.2, 0.25) is 0 Å². The number of piperazine rings is 1. The number of anilines is 3. The molecule has 2 aliphatic rings. The van der Waals surface area contributed by atoms with Crippen LogP contribution in [0.15, 0.2) is 36.5 Å². The molecule has 1 amide bonds. The van der Waals surface area contributed by atoms with E-state index in [0.29, 0.717) is 11.6 Å². The number of carbonyl (C=O) groups is 1. The quantitative estimate of drug-likeness (QED) is 0.860. The lowest BCUT2D eigenvalue weighted by Crippen LogP contribution is -2.44. The van der Waals surface area contributed by atoms with Gasteiger partial charge in [0.1, 0.15) is 5.69 Å². The van der Waals surface area contributed by atoms with Gasteiger partial charge in [0.05, 0.1) is 0 Å². The van der Waals surface area contributed by atoms with Crippen molar-refractivity contribution in [2.24, 2.45) is 0 Å². The first-order valence-corrected chi connectivity index (χ1v) is 10.6. The van der Waals surface area contributed by atoms with Crippen LogP contribution in [0, 0.1) is 0 Å². The molecule has 0 saturated carbocycles. The van der Waals surface area contributed by atoms with Gasteiger partial charge in [0.25, 0.3) is 5.91 Å². The standard InChI is InChI=1S/C22H30N6O/c1-26-14-16-27(17-15-26)19-8-6-18(7-9-19)24-21(29)20-10-11-23-22(25-20)28-12-4-2-3-5-13-28/h6-11H,2-5,12-17H2,1H3,(H,24,29). The number of nitrogens with one attached hydrogen (secondary N) is 1. The highest BCUT2D eigenvalue weighted by atomic mass is 16.1. The molecule has 154 valence electrons. The molecule has 7 nitrogen and oxygen atoms in total. The zero-order chi connectivity index (χ0) is 20.1. The van der Waals surface area contributed by atoms with E-state index in [2.05, 4.69) is 49.2 Å². The van der Waals surface area contributed by atoms with E-state index < -0.39 is 0 Å². The molecule has 2 fully saturated rings. The number of hydrogen-bond acceptors (Lipinski definition) is 6. The molecule has 2 saturated heterocycles. The maximum atomic E-state index is 12.7. The first kappa shape index (κ1) is 19.6. The fourth-order valence-corrected chi connectivity index (χ4v) is 3.91. The van der Waals surface area contributed by atoms with Crippen LogP contribution in [0.4, 0.5) is 17.3 Å². The van der Waals surface area contributed by atoms with E-state index in [4.69, 9.17) is 0 Å². The average Bonchev–Trinajstić information content (AvgIpc) is 3.05. The second-order valence-corrected chi connectivity index (χ2v) is 7.93. The molecule has 1 N–H and O–H groups in total. The van der Waals surface area contributed by atoms with Crippen LogP contribution in [0.1, 0.15) is 36.2 Å². The summed E-state index contributed by atoms with van der Waals surface area (Å²) >= 11 is 0. The molecule has 0 aliphatic carbocycles. The van der Waals surface area contributed by atoms with E-state index in [0.717, 1.165) is 57.8 Å². The molecule has 0 unspecified atom stereocenters. The van der Waals surface area contributed by atoms with E-state index in [9.17, 15) is 4.79 Å².